The average Bonchev–Trinajstić information content (AvgIpc) is 2.04. The molecule has 1 rings (SSSR count). The van der Waals surface area contributed by atoms with E-state index in [2.05, 4.69) is 0 Å². The Kier molecular flexibility index (Phi) is 8.31. The molecule has 0 radical (unpaired) electrons. The van der Waals surface area contributed by atoms with Crippen LogP contribution in [-0.2, 0) is 19.2 Å². The molecule has 1 heterocycles. The summed E-state index contributed by atoms with van der Waals surface area (Å²) in [5, 5.41) is 1.52. The number of carbonyl (C=O) groups is 2. The molecular formula is C8H14KNO4. The van der Waals surface area contributed by atoms with Gasteiger partial charge >= 0.3 is 57.4 Å². The molecule has 0 atom stereocenters. The van der Waals surface area contributed by atoms with Gasteiger partial charge in [-0.1, -0.05) is 0 Å². The first-order valence-corrected chi connectivity index (χ1v) is 4.21. The summed E-state index contributed by atoms with van der Waals surface area (Å²) < 4.78 is 5.06. The van der Waals surface area contributed by atoms with Crippen LogP contribution in [0.25, 0.3) is 0 Å². The monoisotopic (exact) mass is 227 g/mol. The number of rotatable bonds is 3. The number of ether oxygens (including phenoxy) is 1. The summed E-state index contributed by atoms with van der Waals surface area (Å²) in [6.45, 7) is 3.63. The van der Waals surface area contributed by atoms with Gasteiger partial charge in [0.2, 0.25) is 0 Å². The van der Waals surface area contributed by atoms with E-state index in [-0.39, 0.29) is 65.0 Å². The number of carbonyl (C=O) groups excluding carboxylic acids is 2. The van der Waals surface area contributed by atoms with Crippen molar-refractivity contribution in [1.29, 1.82) is 0 Å². The van der Waals surface area contributed by atoms with E-state index in [1.807, 2.05) is 0 Å². The second-order valence-corrected chi connectivity index (χ2v) is 2.88. The van der Waals surface area contributed by atoms with E-state index in [0.29, 0.717) is 26.3 Å². The Bertz CT molecular complexity index is 209. The van der Waals surface area contributed by atoms with E-state index >= 15 is 0 Å². The Hall–Kier alpha value is 0.696. The molecule has 1 fully saturated rings. The molecule has 0 unspecified atom stereocenters. The standard InChI is InChI=1S/C8H13NO4.K.H/c1-7(10)6-8(11)13-9-2-4-12-5-3-9;;/h2-6H2,1H3;;/q;+1;-1. The van der Waals surface area contributed by atoms with Crippen molar-refractivity contribution in [3.05, 3.63) is 0 Å². The summed E-state index contributed by atoms with van der Waals surface area (Å²) in [6, 6.07) is 0. The van der Waals surface area contributed by atoms with Gasteiger partial charge in [-0.3, -0.25) is 4.79 Å². The van der Waals surface area contributed by atoms with E-state index in [0.717, 1.165) is 0 Å². The van der Waals surface area contributed by atoms with Crippen LogP contribution in [0.4, 0.5) is 0 Å². The van der Waals surface area contributed by atoms with Crippen molar-refractivity contribution in [2.75, 3.05) is 26.3 Å². The Morgan fingerprint density at radius 1 is 1.43 bits per heavy atom. The normalized spacial score (nSPS) is 16.9. The number of ketones is 1. The number of hydroxylamine groups is 2. The predicted molar refractivity (Wildman–Crippen MR) is 44.9 cm³/mol. The van der Waals surface area contributed by atoms with E-state index in [4.69, 9.17) is 9.57 Å². The molecule has 0 aromatic rings. The van der Waals surface area contributed by atoms with Crippen LogP contribution in [0.15, 0.2) is 0 Å². The third-order valence-corrected chi connectivity index (χ3v) is 1.59. The minimum absolute atomic E-state index is 0. The smallest absolute Gasteiger partial charge is 1.00 e. The zero-order valence-electron chi connectivity index (χ0n) is 9.62. The fraction of sp³-hybridized carbons (Fsp3) is 0.750. The van der Waals surface area contributed by atoms with Crippen LogP contribution in [0.1, 0.15) is 14.8 Å². The van der Waals surface area contributed by atoms with Gasteiger partial charge in [0.05, 0.1) is 26.3 Å². The zero-order valence-corrected chi connectivity index (χ0v) is 11.7. The van der Waals surface area contributed by atoms with E-state index in [1.54, 1.807) is 0 Å². The topological polar surface area (TPSA) is 55.8 Å². The second kappa shape index (κ2) is 7.92. The van der Waals surface area contributed by atoms with Crippen molar-refractivity contribution in [2.45, 2.75) is 13.3 Å². The molecule has 0 saturated carbocycles. The van der Waals surface area contributed by atoms with Gasteiger partial charge < -0.3 is 11.0 Å². The fourth-order valence-electron chi connectivity index (χ4n) is 1.02. The number of Topliss-reactive ketones (excluding diaryl/α,β-unsaturated/α-hetero) is 1. The molecule has 0 spiro atoms. The van der Waals surface area contributed by atoms with Gasteiger partial charge in [0.1, 0.15) is 12.2 Å². The molecule has 5 nitrogen and oxygen atoms in total. The van der Waals surface area contributed by atoms with Crippen molar-refractivity contribution in [3.63, 3.8) is 0 Å². The maximum Gasteiger partial charge on any atom is 1.00 e. The summed E-state index contributed by atoms with van der Waals surface area (Å²) in [6.07, 6.45) is -0.155. The van der Waals surface area contributed by atoms with Crippen LogP contribution in [0.5, 0.6) is 0 Å². The molecule has 0 aromatic carbocycles. The quantitative estimate of drug-likeness (QED) is 0.377. The third kappa shape index (κ3) is 6.23. The Morgan fingerprint density at radius 2 is 2.00 bits per heavy atom. The molecule has 6 heteroatoms. The van der Waals surface area contributed by atoms with Gasteiger partial charge in [-0.15, -0.1) is 5.06 Å². The summed E-state index contributed by atoms with van der Waals surface area (Å²) in [5.74, 6) is -0.673. The van der Waals surface area contributed by atoms with Crippen molar-refractivity contribution in [1.82, 2.24) is 5.06 Å². The van der Waals surface area contributed by atoms with E-state index in [9.17, 15) is 9.59 Å². The third-order valence-electron chi connectivity index (χ3n) is 1.59. The van der Waals surface area contributed by atoms with Crippen molar-refractivity contribution < 1.29 is 72.0 Å². The summed E-state index contributed by atoms with van der Waals surface area (Å²) in [4.78, 5) is 26.4. The number of morpholine rings is 1. The first-order chi connectivity index (χ1) is 6.18. The van der Waals surface area contributed by atoms with Crippen LogP contribution in [0.3, 0.4) is 0 Å². The van der Waals surface area contributed by atoms with Crippen LogP contribution >= 0.6 is 0 Å². The average molecular weight is 227 g/mol. The molecule has 76 valence electrons. The van der Waals surface area contributed by atoms with Crippen molar-refractivity contribution >= 4 is 11.8 Å². The van der Waals surface area contributed by atoms with Gasteiger partial charge in [0, 0.05) is 0 Å². The largest absolute Gasteiger partial charge is 1.00 e. The molecule has 1 aliphatic heterocycles. The predicted octanol–water partition coefficient (Wildman–Crippen LogP) is -3.13. The molecule has 0 aliphatic carbocycles. The molecule has 1 saturated heterocycles. The van der Waals surface area contributed by atoms with Gasteiger partial charge in [-0.05, 0) is 6.92 Å². The van der Waals surface area contributed by atoms with Crippen LogP contribution < -0.4 is 51.4 Å². The zero-order chi connectivity index (χ0) is 9.68. The summed E-state index contributed by atoms with van der Waals surface area (Å²) in [7, 11) is 0. The number of hydrogen-bond donors (Lipinski definition) is 0. The minimum Gasteiger partial charge on any atom is -1.00 e. The minimum atomic E-state index is -0.491. The Balaban J connectivity index is 0. The van der Waals surface area contributed by atoms with E-state index in [1.165, 1.54) is 12.0 Å². The maximum absolute atomic E-state index is 11.0. The molecule has 1 aliphatic rings. The number of hydrogen-bond acceptors (Lipinski definition) is 5. The summed E-state index contributed by atoms with van der Waals surface area (Å²) >= 11 is 0. The number of nitrogens with zero attached hydrogens (tertiary/aromatic N) is 1. The van der Waals surface area contributed by atoms with E-state index < -0.39 is 5.97 Å². The fourth-order valence-corrected chi connectivity index (χ4v) is 1.02. The maximum atomic E-state index is 11.0. The summed E-state index contributed by atoms with van der Waals surface area (Å²) in [5.41, 5.74) is 0. The molecule has 0 amide bonds. The first kappa shape index (κ1) is 14.7. The molecule has 0 aromatic heterocycles. The van der Waals surface area contributed by atoms with Crippen LogP contribution in [-0.4, -0.2) is 43.1 Å². The Labute approximate surface area is 127 Å². The van der Waals surface area contributed by atoms with Gasteiger partial charge in [-0.25, -0.2) is 4.79 Å². The van der Waals surface area contributed by atoms with Crippen molar-refractivity contribution in [3.8, 4) is 0 Å². The first-order valence-electron chi connectivity index (χ1n) is 4.21. The van der Waals surface area contributed by atoms with Crippen molar-refractivity contribution in [2.24, 2.45) is 0 Å². The molecular weight excluding hydrogens is 213 g/mol. The van der Waals surface area contributed by atoms with Crippen LogP contribution in [0, 0.1) is 0 Å². The van der Waals surface area contributed by atoms with Gasteiger partial charge in [0.25, 0.3) is 0 Å². The Morgan fingerprint density at radius 3 is 2.50 bits per heavy atom. The molecule has 14 heavy (non-hydrogen) atoms. The second-order valence-electron chi connectivity index (χ2n) is 2.88. The van der Waals surface area contributed by atoms with Crippen LogP contribution in [0.2, 0.25) is 0 Å². The SMILES string of the molecule is CC(=O)CC(=O)ON1CCOCC1.[H-].[K+]. The molecule has 0 bridgehead atoms. The van der Waals surface area contributed by atoms with Gasteiger partial charge in [-0.2, -0.15) is 0 Å². The molecule has 0 N–H and O–H groups in total. The van der Waals surface area contributed by atoms with Gasteiger partial charge in [0.15, 0.2) is 0 Å².